The quantitative estimate of drug-likeness (QED) is 0.684. The number of amides is 1. The molecule has 1 amide bonds. The summed E-state index contributed by atoms with van der Waals surface area (Å²) in [5, 5.41) is 4.28. The molecule has 1 heterocycles. The Bertz CT molecular complexity index is 797. The van der Waals surface area contributed by atoms with Crippen LogP contribution in [0.1, 0.15) is 49.5 Å². The first kappa shape index (κ1) is 19.9. The Morgan fingerprint density at radius 3 is 2.54 bits per heavy atom. The summed E-state index contributed by atoms with van der Waals surface area (Å²) >= 11 is 0. The van der Waals surface area contributed by atoms with Gasteiger partial charge in [0.1, 0.15) is 0 Å². The smallest absolute Gasteiger partial charge is 0.363 e. The average molecular weight is 385 g/mol. The van der Waals surface area contributed by atoms with Crippen LogP contribution in [-0.4, -0.2) is 52.9 Å². The number of esters is 1. The van der Waals surface area contributed by atoms with Gasteiger partial charge in [-0.15, -0.1) is 0 Å². The molecule has 1 saturated carbocycles. The lowest BCUT2D eigenvalue weighted by Gasteiger charge is -2.33. The number of hydrogen-bond donors (Lipinski definition) is 0. The molecule has 2 aromatic rings. The Labute approximate surface area is 165 Å². The molecule has 0 saturated heterocycles. The zero-order valence-corrected chi connectivity index (χ0v) is 16.5. The van der Waals surface area contributed by atoms with E-state index in [1.165, 1.54) is 13.5 Å². The number of carbonyl (C=O) groups excluding carboxylic acids is 2. The van der Waals surface area contributed by atoms with Gasteiger partial charge in [-0.1, -0.05) is 37.5 Å². The number of methoxy groups -OCH3 is 1. The van der Waals surface area contributed by atoms with Crippen molar-refractivity contribution in [2.24, 2.45) is 0 Å². The molecule has 28 heavy (non-hydrogen) atoms. The van der Waals surface area contributed by atoms with Crippen LogP contribution in [-0.2, 0) is 9.53 Å². The zero-order valence-electron chi connectivity index (χ0n) is 16.5. The number of rotatable bonds is 7. The Balaban J connectivity index is 1.65. The molecule has 1 aromatic heterocycles. The molecule has 150 valence electrons. The monoisotopic (exact) mass is 385 g/mol. The Hall–Kier alpha value is -2.83. The van der Waals surface area contributed by atoms with Crippen molar-refractivity contribution < 1.29 is 19.1 Å². The van der Waals surface area contributed by atoms with Crippen molar-refractivity contribution in [2.75, 3.05) is 20.3 Å². The van der Waals surface area contributed by atoms with Crippen LogP contribution in [0.15, 0.2) is 36.5 Å². The maximum Gasteiger partial charge on any atom is 0.363 e. The highest BCUT2D eigenvalue weighted by molar-refractivity contribution is 5.92. The van der Waals surface area contributed by atoms with Crippen LogP contribution in [0.4, 0.5) is 0 Å². The first-order valence-corrected chi connectivity index (χ1v) is 9.79. The van der Waals surface area contributed by atoms with Crippen molar-refractivity contribution in [3.8, 4) is 11.4 Å². The summed E-state index contributed by atoms with van der Waals surface area (Å²) in [6, 6.07) is 9.64. The number of aromatic nitrogens is 2. The number of hydrogen-bond acceptors (Lipinski definition) is 5. The third-order valence-electron chi connectivity index (χ3n) is 5.12. The second-order valence-corrected chi connectivity index (χ2v) is 6.87. The standard InChI is InChI=1S/C21H27N3O4/c1-3-23(16-10-6-4-7-11-16)19(25)15-28-21(26)20-18(27-2)14-24(22-20)17-12-8-5-9-13-17/h5,8-9,12-14,16H,3-4,6-7,10-11,15H2,1-2H3. The van der Waals surface area contributed by atoms with Gasteiger partial charge >= 0.3 is 5.97 Å². The number of ether oxygens (including phenoxy) is 2. The summed E-state index contributed by atoms with van der Waals surface area (Å²) in [4.78, 5) is 26.9. The van der Waals surface area contributed by atoms with E-state index in [-0.39, 0.29) is 24.2 Å². The van der Waals surface area contributed by atoms with Gasteiger partial charge in [-0.3, -0.25) is 4.79 Å². The van der Waals surface area contributed by atoms with E-state index in [4.69, 9.17) is 9.47 Å². The van der Waals surface area contributed by atoms with Crippen molar-refractivity contribution >= 4 is 11.9 Å². The number of likely N-dealkylation sites (N-methyl/N-ethyl adjacent to an activating group) is 1. The number of nitrogens with zero attached hydrogens (tertiary/aromatic N) is 3. The minimum atomic E-state index is -0.667. The third-order valence-corrected chi connectivity index (χ3v) is 5.12. The minimum absolute atomic E-state index is 0.0554. The lowest BCUT2D eigenvalue weighted by atomic mass is 9.94. The predicted octanol–water partition coefficient (Wildman–Crippen LogP) is 3.22. The van der Waals surface area contributed by atoms with Crippen molar-refractivity contribution in [1.29, 1.82) is 0 Å². The Morgan fingerprint density at radius 2 is 1.89 bits per heavy atom. The van der Waals surface area contributed by atoms with E-state index in [9.17, 15) is 9.59 Å². The Kier molecular flexibility index (Phi) is 6.68. The first-order valence-electron chi connectivity index (χ1n) is 9.79. The fourth-order valence-electron chi connectivity index (χ4n) is 3.67. The second-order valence-electron chi connectivity index (χ2n) is 6.87. The van der Waals surface area contributed by atoms with Crippen LogP contribution in [0.3, 0.4) is 0 Å². The summed E-state index contributed by atoms with van der Waals surface area (Å²) in [6.45, 7) is 2.29. The highest BCUT2D eigenvalue weighted by Crippen LogP contribution is 2.23. The van der Waals surface area contributed by atoms with Gasteiger partial charge in [0.25, 0.3) is 5.91 Å². The predicted molar refractivity (Wildman–Crippen MR) is 105 cm³/mol. The molecule has 1 aliphatic carbocycles. The number of benzene rings is 1. The van der Waals surface area contributed by atoms with Gasteiger partial charge in [0, 0.05) is 12.6 Å². The molecule has 0 radical (unpaired) electrons. The number of carbonyl (C=O) groups is 2. The van der Waals surface area contributed by atoms with E-state index in [1.807, 2.05) is 42.2 Å². The van der Waals surface area contributed by atoms with E-state index in [0.29, 0.717) is 12.3 Å². The third kappa shape index (κ3) is 4.52. The molecule has 0 N–H and O–H groups in total. The highest BCUT2D eigenvalue weighted by atomic mass is 16.5. The van der Waals surface area contributed by atoms with E-state index >= 15 is 0 Å². The lowest BCUT2D eigenvalue weighted by molar-refractivity contribution is -0.137. The molecule has 0 spiro atoms. The fourth-order valence-corrected chi connectivity index (χ4v) is 3.67. The molecule has 0 unspecified atom stereocenters. The van der Waals surface area contributed by atoms with Gasteiger partial charge < -0.3 is 14.4 Å². The molecule has 0 aliphatic heterocycles. The molecule has 1 aliphatic rings. The molecule has 7 heteroatoms. The average Bonchev–Trinajstić information content (AvgIpc) is 3.18. The van der Waals surface area contributed by atoms with Gasteiger partial charge in [-0.25, -0.2) is 9.48 Å². The molecule has 1 aromatic carbocycles. The van der Waals surface area contributed by atoms with Crippen LogP contribution >= 0.6 is 0 Å². The summed E-state index contributed by atoms with van der Waals surface area (Å²) in [6.07, 6.45) is 7.16. The summed E-state index contributed by atoms with van der Waals surface area (Å²) < 4.78 is 12.1. The van der Waals surface area contributed by atoms with Crippen LogP contribution in [0.2, 0.25) is 0 Å². The molecule has 0 bridgehead atoms. The maximum absolute atomic E-state index is 12.6. The maximum atomic E-state index is 12.6. The Morgan fingerprint density at radius 1 is 1.18 bits per heavy atom. The summed E-state index contributed by atoms with van der Waals surface area (Å²) in [5.41, 5.74) is 0.852. The minimum Gasteiger partial charge on any atom is -0.493 e. The SMILES string of the molecule is CCN(C(=O)COC(=O)c1nn(-c2ccccc2)cc1OC)C1CCCCC1. The summed E-state index contributed by atoms with van der Waals surface area (Å²) in [7, 11) is 1.47. The zero-order chi connectivity index (χ0) is 19.9. The van der Waals surface area contributed by atoms with Gasteiger partial charge in [-0.05, 0) is 31.9 Å². The van der Waals surface area contributed by atoms with Gasteiger partial charge in [0.2, 0.25) is 5.69 Å². The van der Waals surface area contributed by atoms with Crippen LogP contribution < -0.4 is 4.74 Å². The largest absolute Gasteiger partial charge is 0.493 e. The first-order chi connectivity index (χ1) is 13.6. The van der Waals surface area contributed by atoms with E-state index in [2.05, 4.69) is 5.10 Å². The molecular weight excluding hydrogens is 358 g/mol. The van der Waals surface area contributed by atoms with Crippen molar-refractivity contribution in [1.82, 2.24) is 14.7 Å². The second kappa shape index (κ2) is 9.39. The van der Waals surface area contributed by atoms with E-state index < -0.39 is 5.97 Å². The normalized spacial score (nSPS) is 14.5. The fraction of sp³-hybridized carbons (Fsp3) is 0.476. The molecular formula is C21H27N3O4. The van der Waals surface area contributed by atoms with E-state index in [1.54, 1.807) is 10.9 Å². The lowest BCUT2D eigenvalue weighted by Crippen LogP contribution is -2.43. The van der Waals surface area contributed by atoms with Gasteiger partial charge in [-0.2, -0.15) is 5.10 Å². The van der Waals surface area contributed by atoms with E-state index in [0.717, 1.165) is 31.4 Å². The summed E-state index contributed by atoms with van der Waals surface area (Å²) in [5.74, 6) is -0.523. The van der Waals surface area contributed by atoms with Crippen LogP contribution in [0.25, 0.3) is 5.69 Å². The topological polar surface area (TPSA) is 73.7 Å². The highest BCUT2D eigenvalue weighted by Gasteiger charge is 2.26. The molecule has 3 rings (SSSR count). The molecule has 1 fully saturated rings. The van der Waals surface area contributed by atoms with Crippen LogP contribution in [0, 0.1) is 0 Å². The van der Waals surface area contributed by atoms with Gasteiger partial charge in [0.05, 0.1) is 19.0 Å². The van der Waals surface area contributed by atoms with Crippen LogP contribution in [0.5, 0.6) is 5.75 Å². The van der Waals surface area contributed by atoms with Crippen molar-refractivity contribution in [2.45, 2.75) is 45.1 Å². The van der Waals surface area contributed by atoms with Crippen molar-refractivity contribution in [3.05, 3.63) is 42.2 Å². The molecule has 7 nitrogen and oxygen atoms in total. The molecule has 0 atom stereocenters. The number of para-hydroxylation sites is 1. The van der Waals surface area contributed by atoms with Crippen molar-refractivity contribution in [3.63, 3.8) is 0 Å². The van der Waals surface area contributed by atoms with Gasteiger partial charge in [0.15, 0.2) is 12.4 Å².